The number of methoxy groups -OCH3 is 1. The quantitative estimate of drug-likeness (QED) is 0.517. The molecule has 0 fully saturated rings. The highest BCUT2D eigenvalue weighted by molar-refractivity contribution is 6.32. The molecule has 0 aliphatic heterocycles. The number of aromatic nitrogens is 2. The van der Waals surface area contributed by atoms with Crippen molar-refractivity contribution >= 4 is 29.5 Å². The molecule has 1 aromatic heterocycles. The van der Waals surface area contributed by atoms with Crippen LogP contribution < -0.4 is 20.1 Å². The minimum atomic E-state index is -0.218. The highest BCUT2D eigenvalue weighted by atomic mass is 35.5. The molecule has 7 nitrogen and oxygen atoms in total. The molecule has 0 radical (unpaired) electrons. The fraction of sp³-hybridized carbons (Fsp3) is 0.278. The first-order valence-corrected chi connectivity index (χ1v) is 8.49. The molecule has 0 spiro atoms. The summed E-state index contributed by atoms with van der Waals surface area (Å²) in [6, 6.07) is 5.21. The first-order valence-electron chi connectivity index (χ1n) is 8.11. The van der Waals surface area contributed by atoms with Crippen molar-refractivity contribution in [2.45, 2.75) is 6.92 Å². The van der Waals surface area contributed by atoms with Crippen molar-refractivity contribution in [2.24, 2.45) is 0 Å². The van der Waals surface area contributed by atoms with Crippen LogP contribution in [0.25, 0.3) is 6.08 Å². The van der Waals surface area contributed by atoms with Crippen LogP contribution in [-0.2, 0) is 4.79 Å². The van der Waals surface area contributed by atoms with E-state index in [1.165, 1.54) is 13.2 Å². The van der Waals surface area contributed by atoms with Gasteiger partial charge in [0, 0.05) is 31.6 Å². The smallest absolute Gasteiger partial charge is 0.244 e. The van der Waals surface area contributed by atoms with E-state index in [-0.39, 0.29) is 5.91 Å². The number of hydrogen-bond donors (Lipinski definition) is 2. The van der Waals surface area contributed by atoms with Gasteiger partial charge in [0.25, 0.3) is 0 Å². The third kappa shape index (κ3) is 5.93. The van der Waals surface area contributed by atoms with Crippen LogP contribution in [0.1, 0.15) is 12.5 Å². The van der Waals surface area contributed by atoms with Crippen LogP contribution in [0, 0.1) is 0 Å². The van der Waals surface area contributed by atoms with Gasteiger partial charge < -0.3 is 20.1 Å². The molecule has 0 unspecified atom stereocenters. The number of ether oxygens (including phenoxy) is 2. The SMILES string of the molecule is CCOc1c(Cl)cc(C=CC(=O)NCCNc2ncccn2)cc1OC. The Balaban J connectivity index is 1.86. The van der Waals surface area contributed by atoms with Crippen LogP contribution in [0.3, 0.4) is 0 Å². The van der Waals surface area contributed by atoms with Crippen molar-refractivity contribution in [3.05, 3.63) is 47.3 Å². The highest BCUT2D eigenvalue weighted by Gasteiger charge is 2.10. The van der Waals surface area contributed by atoms with Crippen molar-refractivity contribution in [1.82, 2.24) is 15.3 Å². The maximum Gasteiger partial charge on any atom is 0.244 e. The molecule has 138 valence electrons. The molecule has 0 saturated carbocycles. The molecule has 0 atom stereocenters. The van der Waals surface area contributed by atoms with Gasteiger partial charge in [-0.3, -0.25) is 4.79 Å². The molecule has 1 heterocycles. The van der Waals surface area contributed by atoms with Gasteiger partial charge in [0.05, 0.1) is 18.7 Å². The summed E-state index contributed by atoms with van der Waals surface area (Å²) < 4.78 is 10.7. The van der Waals surface area contributed by atoms with Gasteiger partial charge in [-0.15, -0.1) is 0 Å². The predicted molar refractivity (Wildman–Crippen MR) is 102 cm³/mol. The maximum absolute atomic E-state index is 11.9. The summed E-state index contributed by atoms with van der Waals surface area (Å²) >= 11 is 6.21. The van der Waals surface area contributed by atoms with Gasteiger partial charge in [0.2, 0.25) is 11.9 Å². The monoisotopic (exact) mass is 376 g/mol. The molecule has 0 aliphatic carbocycles. The maximum atomic E-state index is 11.9. The summed E-state index contributed by atoms with van der Waals surface area (Å²) in [5.41, 5.74) is 0.737. The summed E-state index contributed by atoms with van der Waals surface area (Å²) in [4.78, 5) is 20.0. The molecule has 2 aromatic rings. The number of anilines is 1. The number of nitrogens with zero attached hydrogens (tertiary/aromatic N) is 2. The summed E-state index contributed by atoms with van der Waals surface area (Å²) in [5, 5.41) is 6.20. The minimum absolute atomic E-state index is 0.218. The van der Waals surface area contributed by atoms with Crippen LogP contribution in [0.2, 0.25) is 5.02 Å². The number of rotatable bonds is 9. The van der Waals surface area contributed by atoms with E-state index in [1.54, 1.807) is 36.7 Å². The van der Waals surface area contributed by atoms with E-state index in [0.29, 0.717) is 42.2 Å². The van der Waals surface area contributed by atoms with Gasteiger partial charge in [0.15, 0.2) is 11.5 Å². The van der Waals surface area contributed by atoms with E-state index in [2.05, 4.69) is 20.6 Å². The average Bonchev–Trinajstić information content (AvgIpc) is 2.66. The zero-order chi connectivity index (χ0) is 18.8. The second kappa shape index (κ2) is 10.2. The van der Waals surface area contributed by atoms with Gasteiger partial charge in [-0.05, 0) is 36.8 Å². The summed E-state index contributed by atoms with van der Waals surface area (Å²) in [6.45, 7) is 3.31. The number of hydrogen-bond acceptors (Lipinski definition) is 6. The minimum Gasteiger partial charge on any atom is -0.493 e. The Morgan fingerprint density at radius 1 is 1.27 bits per heavy atom. The second-order valence-corrected chi connectivity index (χ2v) is 5.50. The third-order valence-corrected chi connectivity index (χ3v) is 3.52. The lowest BCUT2D eigenvalue weighted by molar-refractivity contribution is -0.116. The largest absolute Gasteiger partial charge is 0.493 e. The molecule has 2 rings (SSSR count). The molecule has 1 amide bonds. The number of nitrogens with one attached hydrogen (secondary N) is 2. The van der Waals surface area contributed by atoms with Crippen LogP contribution in [0.15, 0.2) is 36.7 Å². The lowest BCUT2D eigenvalue weighted by Crippen LogP contribution is -2.27. The number of carbonyl (C=O) groups excluding carboxylic acids is 1. The van der Waals surface area contributed by atoms with E-state index < -0.39 is 0 Å². The third-order valence-electron chi connectivity index (χ3n) is 3.24. The molecule has 0 saturated heterocycles. The Hall–Kier alpha value is -2.80. The van der Waals surface area contributed by atoms with Crippen molar-refractivity contribution in [2.75, 3.05) is 32.1 Å². The number of carbonyl (C=O) groups is 1. The van der Waals surface area contributed by atoms with Crippen molar-refractivity contribution in [3.63, 3.8) is 0 Å². The van der Waals surface area contributed by atoms with E-state index in [1.807, 2.05) is 6.92 Å². The van der Waals surface area contributed by atoms with E-state index in [4.69, 9.17) is 21.1 Å². The molecule has 1 aromatic carbocycles. The molecular weight excluding hydrogens is 356 g/mol. The van der Waals surface area contributed by atoms with Crippen LogP contribution >= 0.6 is 11.6 Å². The zero-order valence-electron chi connectivity index (χ0n) is 14.7. The molecule has 26 heavy (non-hydrogen) atoms. The molecule has 0 aliphatic rings. The Kier molecular flexibility index (Phi) is 7.70. The first-order chi connectivity index (χ1) is 12.6. The molecule has 2 N–H and O–H groups in total. The molecule has 0 bridgehead atoms. The average molecular weight is 377 g/mol. The number of halogens is 1. The topological polar surface area (TPSA) is 85.4 Å². The Labute approximate surface area is 157 Å². The predicted octanol–water partition coefficient (Wildman–Crippen LogP) is 2.78. The van der Waals surface area contributed by atoms with Gasteiger partial charge in [-0.2, -0.15) is 0 Å². The second-order valence-electron chi connectivity index (χ2n) is 5.09. The summed E-state index contributed by atoms with van der Waals surface area (Å²) in [7, 11) is 1.54. The van der Waals surface area contributed by atoms with E-state index in [0.717, 1.165) is 5.56 Å². The normalized spacial score (nSPS) is 10.6. The van der Waals surface area contributed by atoms with Crippen molar-refractivity contribution in [1.29, 1.82) is 0 Å². The Morgan fingerprint density at radius 3 is 2.73 bits per heavy atom. The zero-order valence-corrected chi connectivity index (χ0v) is 15.4. The standard InChI is InChI=1S/C18H21ClN4O3/c1-3-26-17-14(19)11-13(12-15(17)25-2)5-6-16(24)20-9-10-23-18-21-7-4-8-22-18/h4-8,11-12H,3,9-10H2,1-2H3,(H,20,24)(H,21,22,23). The van der Waals surface area contributed by atoms with Crippen LogP contribution in [0.4, 0.5) is 5.95 Å². The summed E-state index contributed by atoms with van der Waals surface area (Å²) in [6.07, 6.45) is 6.39. The number of amides is 1. The molecule has 8 heteroatoms. The fourth-order valence-electron chi connectivity index (χ4n) is 2.10. The van der Waals surface area contributed by atoms with Crippen LogP contribution in [0.5, 0.6) is 11.5 Å². The number of benzene rings is 1. The van der Waals surface area contributed by atoms with E-state index >= 15 is 0 Å². The van der Waals surface area contributed by atoms with E-state index in [9.17, 15) is 4.79 Å². The Bertz CT molecular complexity index is 754. The fourth-order valence-corrected chi connectivity index (χ4v) is 2.38. The lowest BCUT2D eigenvalue weighted by atomic mass is 10.2. The van der Waals surface area contributed by atoms with Gasteiger partial charge in [-0.1, -0.05) is 11.6 Å². The molecular formula is C18H21ClN4O3. The van der Waals surface area contributed by atoms with Gasteiger partial charge in [0.1, 0.15) is 0 Å². The lowest BCUT2D eigenvalue weighted by Gasteiger charge is -2.11. The van der Waals surface area contributed by atoms with Gasteiger partial charge in [-0.25, -0.2) is 9.97 Å². The summed E-state index contributed by atoms with van der Waals surface area (Å²) in [5.74, 6) is 1.32. The Morgan fingerprint density at radius 2 is 2.04 bits per heavy atom. The highest BCUT2D eigenvalue weighted by Crippen LogP contribution is 2.36. The van der Waals surface area contributed by atoms with Crippen molar-refractivity contribution in [3.8, 4) is 11.5 Å². The first kappa shape index (κ1) is 19.5. The van der Waals surface area contributed by atoms with Crippen LogP contribution in [-0.4, -0.2) is 42.7 Å². The van der Waals surface area contributed by atoms with Gasteiger partial charge >= 0.3 is 0 Å². The van der Waals surface area contributed by atoms with Crippen molar-refractivity contribution < 1.29 is 14.3 Å².